The van der Waals surface area contributed by atoms with Gasteiger partial charge in [-0.25, -0.2) is 8.42 Å². The molecule has 1 saturated heterocycles. The molecule has 1 amide bonds. The number of alkyl halides is 3. The number of rotatable bonds is 8. The normalized spacial score (nSPS) is 24.7. The van der Waals surface area contributed by atoms with Crippen LogP contribution in [-0.2, 0) is 21.0 Å². The van der Waals surface area contributed by atoms with Gasteiger partial charge in [0.05, 0.1) is 16.5 Å². The van der Waals surface area contributed by atoms with Crippen LogP contribution in [0.3, 0.4) is 0 Å². The molecule has 10 heteroatoms. The van der Waals surface area contributed by atoms with Gasteiger partial charge in [-0.2, -0.15) is 17.5 Å². The maximum atomic E-state index is 13.1. The van der Waals surface area contributed by atoms with Crippen molar-refractivity contribution in [2.24, 2.45) is 17.3 Å². The molecular weight excluding hydrogens is 467 g/mol. The summed E-state index contributed by atoms with van der Waals surface area (Å²) in [4.78, 5) is 12.9. The molecule has 2 aliphatic rings. The lowest BCUT2D eigenvalue weighted by Crippen LogP contribution is -2.50. The van der Waals surface area contributed by atoms with Crippen molar-refractivity contribution in [3.63, 3.8) is 0 Å². The minimum atomic E-state index is -4.52. The summed E-state index contributed by atoms with van der Waals surface area (Å²) in [6, 6.07) is 3.22. The Morgan fingerprint density at radius 1 is 1.12 bits per heavy atom. The Labute approximate surface area is 200 Å². The van der Waals surface area contributed by atoms with Gasteiger partial charge in [-0.15, -0.1) is 0 Å². The minimum absolute atomic E-state index is 0.00179. The fourth-order valence-corrected chi connectivity index (χ4v) is 6.43. The predicted molar refractivity (Wildman–Crippen MR) is 125 cm³/mol. The van der Waals surface area contributed by atoms with Gasteiger partial charge in [-0.1, -0.05) is 34.1 Å². The lowest BCUT2D eigenvalue weighted by atomic mass is 9.95. The number of hydrogen-bond acceptors (Lipinski definition) is 4. The molecule has 2 fully saturated rings. The van der Waals surface area contributed by atoms with Crippen LogP contribution in [0.4, 0.5) is 13.2 Å². The van der Waals surface area contributed by atoms with Crippen molar-refractivity contribution in [1.29, 1.82) is 0 Å². The number of carbonyl (C=O) groups excluding carboxylic acids is 1. The van der Waals surface area contributed by atoms with Gasteiger partial charge < -0.3 is 10.6 Å². The van der Waals surface area contributed by atoms with Crippen LogP contribution < -0.4 is 10.6 Å². The van der Waals surface area contributed by atoms with E-state index in [-0.39, 0.29) is 46.7 Å². The average Bonchev–Trinajstić information content (AvgIpc) is 3.32. The Bertz CT molecular complexity index is 958. The van der Waals surface area contributed by atoms with Gasteiger partial charge in [0.1, 0.15) is 0 Å². The first kappa shape index (κ1) is 26.9. The molecule has 3 rings (SSSR count). The molecule has 0 aromatic heterocycles. The number of amides is 1. The van der Waals surface area contributed by atoms with Crippen LogP contribution in [0.1, 0.15) is 58.9 Å². The van der Waals surface area contributed by atoms with Crippen molar-refractivity contribution >= 4 is 15.9 Å². The van der Waals surface area contributed by atoms with E-state index in [9.17, 15) is 26.4 Å². The fraction of sp³-hybridized carbons (Fsp3) is 0.708. The van der Waals surface area contributed by atoms with Crippen LogP contribution >= 0.6 is 0 Å². The van der Waals surface area contributed by atoms with Crippen molar-refractivity contribution < 1.29 is 26.4 Å². The number of hydrogen-bond donors (Lipinski definition) is 2. The van der Waals surface area contributed by atoms with Gasteiger partial charge >= 0.3 is 6.18 Å². The first-order chi connectivity index (χ1) is 15.7. The highest BCUT2D eigenvalue weighted by Crippen LogP contribution is 2.40. The summed E-state index contributed by atoms with van der Waals surface area (Å²) in [5, 5.41) is 6.52. The first-order valence-electron chi connectivity index (χ1n) is 11.9. The predicted octanol–water partition coefficient (Wildman–Crippen LogP) is 4.03. The van der Waals surface area contributed by atoms with Crippen LogP contribution in [0.15, 0.2) is 29.2 Å². The van der Waals surface area contributed by atoms with E-state index in [1.165, 1.54) is 4.31 Å². The van der Waals surface area contributed by atoms with E-state index in [0.717, 1.165) is 49.9 Å². The Balaban J connectivity index is 1.65. The number of carbonyl (C=O) groups is 1. The first-order valence-corrected chi connectivity index (χ1v) is 13.4. The summed E-state index contributed by atoms with van der Waals surface area (Å²) in [7, 11) is -3.90. The highest BCUT2D eigenvalue weighted by Gasteiger charge is 2.47. The number of sulfonamides is 1. The molecule has 0 spiro atoms. The lowest BCUT2D eigenvalue weighted by molar-refractivity contribution is -0.137. The molecule has 1 aromatic rings. The van der Waals surface area contributed by atoms with Crippen LogP contribution in [0.25, 0.3) is 0 Å². The van der Waals surface area contributed by atoms with Gasteiger partial charge in [0.25, 0.3) is 0 Å². The summed E-state index contributed by atoms with van der Waals surface area (Å²) in [5.74, 6) is 0.0699. The molecule has 1 aliphatic carbocycles. The van der Waals surface area contributed by atoms with Crippen molar-refractivity contribution in [2.75, 3.05) is 19.6 Å². The standard InChI is InChI=1S/C24H36F3N3O3S/c1-5-6-21(28-15-23(2,3)4)22(31)29-20-12-7-16-13-30(14-19(16)20)34(32,33)18-10-8-17(9-11-18)24(25,26)27/h8-11,16,19-21,28H,5-7,12-15H2,1-4H3,(H,29,31)/t16-,19+,20+,21+/m1/s1. The molecule has 4 atom stereocenters. The monoisotopic (exact) mass is 503 g/mol. The number of fused-ring (bicyclic) bond motifs is 1. The molecule has 34 heavy (non-hydrogen) atoms. The Kier molecular flexibility index (Phi) is 8.04. The molecule has 1 aromatic carbocycles. The summed E-state index contributed by atoms with van der Waals surface area (Å²) < 4.78 is 66.0. The second kappa shape index (κ2) is 10.1. The molecular formula is C24H36F3N3O3S. The van der Waals surface area contributed by atoms with E-state index in [0.29, 0.717) is 13.1 Å². The van der Waals surface area contributed by atoms with Crippen molar-refractivity contribution in [3.05, 3.63) is 29.8 Å². The van der Waals surface area contributed by atoms with E-state index >= 15 is 0 Å². The Morgan fingerprint density at radius 2 is 1.76 bits per heavy atom. The van der Waals surface area contributed by atoms with Gasteiger partial charge in [0.15, 0.2) is 0 Å². The summed E-state index contributed by atoms with van der Waals surface area (Å²) >= 11 is 0. The van der Waals surface area contributed by atoms with Gasteiger partial charge in [0, 0.05) is 25.7 Å². The van der Waals surface area contributed by atoms with Crippen molar-refractivity contribution in [2.45, 2.75) is 76.5 Å². The van der Waals surface area contributed by atoms with Crippen LogP contribution in [0.5, 0.6) is 0 Å². The molecule has 2 N–H and O–H groups in total. The van der Waals surface area contributed by atoms with Crippen LogP contribution in [0, 0.1) is 17.3 Å². The second-order valence-corrected chi connectivity index (χ2v) is 12.7. The van der Waals surface area contributed by atoms with Gasteiger partial charge in [0.2, 0.25) is 15.9 Å². The molecule has 0 unspecified atom stereocenters. The maximum Gasteiger partial charge on any atom is 0.416 e. The van der Waals surface area contributed by atoms with Crippen molar-refractivity contribution in [1.82, 2.24) is 14.9 Å². The third-order valence-corrected chi connectivity index (χ3v) is 8.59. The lowest BCUT2D eigenvalue weighted by Gasteiger charge is -2.27. The number of nitrogens with one attached hydrogen (secondary N) is 2. The van der Waals surface area contributed by atoms with Crippen molar-refractivity contribution in [3.8, 4) is 0 Å². The highest BCUT2D eigenvalue weighted by atomic mass is 32.2. The van der Waals surface area contributed by atoms with Crippen LogP contribution in [-0.4, -0.2) is 50.3 Å². The zero-order chi connectivity index (χ0) is 25.3. The molecule has 0 bridgehead atoms. The van der Waals surface area contributed by atoms with Crippen LogP contribution in [0.2, 0.25) is 0 Å². The minimum Gasteiger partial charge on any atom is -0.352 e. The molecule has 6 nitrogen and oxygen atoms in total. The van der Waals surface area contributed by atoms with Gasteiger partial charge in [-0.3, -0.25) is 4.79 Å². The summed E-state index contributed by atoms with van der Waals surface area (Å²) in [5.41, 5.74) is -0.835. The van der Waals surface area contributed by atoms with E-state index in [1.807, 2.05) is 6.92 Å². The smallest absolute Gasteiger partial charge is 0.352 e. The van der Waals surface area contributed by atoms with E-state index in [4.69, 9.17) is 0 Å². The maximum absolute atomic E-state index is 13.1. The number of halogens is 3. The highest BCUT2D eigenvalue weighted by molar-refractivity contribution is 7.89. The molecule has 1 heterocycles. The van der Waals surface area contributed by atoms with E-state index < -0.39 is 21.8 Å². The fourth-order valence-electron chi connectivity index (χ4n) is 4.89. The summed E-state index contributed by atoms with van der Waals surface area (Å²) in [6.07, 6.45) is -1.33. The Morgan fingerprint density at radius 3 is 2.32 bits per heavy atom. The third kappa shape index (κ3) is 6.31. The SMILES string of the molecule is CCC[C@H](NCC(C)(C)C)C(=O)N[C@H]1CC[C@@H]2CN(S(=O)(=O)c3ccc(C(F)(F)F)cc3)C[C@@H]21. The second-order valence-electron chi connectivity index (χ2n) is 10.7. The topological polar surface area (TPSA) is 78.5 Å². The quantitative estimate of drug-likeness (QED) is 0.562. The third-order valence-electron chi connectivity index (χ3n) is 6.74. The zero-order valence-corrected chi connectivity index (χ0v) is 21.1. The average molecular weight is 504 g/mol. The Hall–Kier alpha value is -1.65. The molecule has 1 aliphatic heterocycles. The molecule has 0 radical (unpaired) electrons. The number of nitrogens with zero attached hydrogens (tertiary/aromatic N) is 1. The molecule has 1 saturated carbocycles. The largest absolute Gasteiger partial charge is 0.416 e. The van der Waals surface area contributed by atoms with Gasteiger partial charge in [-0.05, 0) is 60.8 Å². The number of benzene rings is 1. The van der Waals surface area contributed by atoms with E-state index in [1.54, 1.807) is 0 Å². The molecule has 192 valence electrons. The van der Waals surface area contributed by atoms with E-state index in [2.05, 4.69) is 31.4 Å². The zero-order valence-electron chi connectivity index (χ0n) is 20.3. The summed E-state index contributed by atoms with van der Waals surface area (Å²) in [6.45, 7) is 9.63.